The molecule has 3 rings (SSSR count). The summed E-state index contributed by atoms with van der Waals surface area (Å²) in [6.45, 7) is -0.0881. The number of nitrogens with zero attached hydrogens (tertiary/aromatic N) is 1. The van der Waals surface area contributed by atoms with Crippen LogP contribution in [0.5, 0.6) is 5.75 Å². The second-order valence-electron chi connectivity index (χ2n) is 5.41. The summed E-state index contributed by atoms with van der Waals surface area (Å²) in [5.41, 5.74) is 2.71. The van der Waals surface area contributed by atoms with Crippen molar-refractivity contribution in [3.05, 3.63) is 59.2 Å². The fourth-order valence-electron chi connectivity index (χ4n) is 2.58. The molecular formula is C18H17NO5. The standard InChI is InChI=1S/C18H17NO5/c1-23-15-6-2-12(3-7-15)9-19-16-8-13(17(21)10-20)4-5-14(16)11-24-18(19)22/h2-8,20H,9-11H2,1H3. The molecule has 6 heteroatoms. The number of ketones is 1. The van der Waals surface area contributed by atoms with Crippen molar-refractivity contribution in [2.24, 2.45) is 0 Å². The molecule has 0 radical (unpaired) electrons. The number of fused-ring (bicyclic) bond motifs is 1. The fourth-order valence-corrected chi connectivity index (χ4v) is 2.58. The summed E-state index contributed by atoms with van der Waals surface area (Å²) in [6.07, 6.45) is -0.466. The number of anilines is 1. The van der Waals surface area contributed by atoms with Crippen LogP contribution in [0.1, 0.15) is 21.5 Å². The van der Waals surface area contributed by atoms with Gasteiger partial charge in [0, 0.05) is 11.1 Å². The minimum absolute atomic E-state index is 0.168. The van der Waals surface area contributed by atoms with E-state index >= 15 is 0 Å². The van der Waals surface area contributed by atoms with Crippen molar-refractivity contribution in [1.29, 1.82) is 0 Å². The Kier molecular flexibility index (Phi) is 4.48. The van der Waals surface area contributed by atoms with Gasteiger partial charge in [0.2, 0.25) is 0 Å². The third-order valence-corrected chi connectivity index (χ3v) is 3.91. The Bertz CT molecular complexity index is 769. The largest absolute Gasteiger partial charge is 0.497 e. The average Bonchev–Trinajstić information content (AvgIpc) is 2.63. The third-order valence-electron chi connectivity index (χ3n) is 3.91. The number of ether oxygens (including phenoxy) is 2. The van der Waals surface area contributed by atoms with Crippen LogP contribution in [0.2, 0.25) is 0 Å². The van der Waals surface area contributed by atoms with E-state index in [4.69, 9.17) is 14.6 Å². The first-order valence-corrected chi connectivity index (χ1v) is 7.46. The van der Waals surface area contributed by atoms with E-state index in [-0.39, 0.29) is 12.4 Å². The van der Waals surface area contributed by atoms with Crippen LogP contribution in [-0.4, -0.2) is 30.7 Å². The molecule has 0 bridgehead atoms. The van der Waals surface area contributed by atoms with Crippen molar-refractivity contribution in [3.8, 4) is 5.75 Å². The molecule has 1 N–H and O–H groups in total. The molecule has 0 aliphatic carbocycles. The van der Waals surface area contributed by atoms with Crippen LogP contribution in [0.15, 0.2) is 42.5 Å². The zero-order chi connectivity index (χ0) is 17.1. The maximum atomic E-state index is 12.2. The number of Topliss-reactive ketones (excluding diaryl/α,β-unsaturated/α-hetero) is 1. The summed E-state index contributed by atoms with van der Waals surface area (Å²) in [5.74, 6) is 0.345. The number of aliphatic hydroxyl groups excluding tert-OH is 1. The second kappa shape index (κ2) is 6.72. The van der Waals surface area contributed by atoms with Crippen LogP contribution in [0.25, 0.3) is 0 Å². The summed E-state index contributed by atoms with van der Waals surface area (Å²) < 4.78 is 10.3. The lowest BCUT2D eigenvalue weighted by Crippen LogP contribution is -2.35. The van der Waals surface area contributed by atoms with Crippen molar-refractivity contribution in [3.63, 3.8) is 0 Å². The first-order valence-electron chi connectivity index (χ1n) is 7.46. The van der Waals surface area contributed by atoms with Crippen LogP contribution < -0.4 is 9.64 Å². The lowest BCUT2D eigenvalue weighted by molar-refractivity contribution is 0.0903. The van der Waals surface area contributed by atoms with Gasteiger partial charge in [0.15, 0.2) is 5.78 Å². The van der Waals surface area contributed by atoms with E-state index < -0.39 is 12.7 Å². The molecule has 0 aromatic heterocycles. The minimum atomic E-state index is -0.568. The Hall–Kier alpha value is -2.86. The summed E-state index contributed by atoms with van der Waals surface area (Å²) in [7, 11) is 1.59. The van der Waals surface area contributed by atoms with Crippen molar-refractivity contribution in [2.45, 2.75) is 13.2 Å². The predicted molar refractivity (Wildman–Crippen MR) is 87.2 cm³/mol. The highest BCUT2D eigenvalue weighted by Crippen LogP contribution is 2.30. The maximum Gasteiger partial charge on any atom is 0.414 e. The van der Waals surface area contributed by atoms with Gasteiger partial charge < -0.3 is 14.6 Å². The quantitative estimate of drug-likeness (QED) is 0.854. The summed E-state index contributed by atoms with van der Waals surface area (Å²) >= 11 is 0. The van der Waals surface area contributed by atoms with Gasteiger partial charge in [0.05, 0.1) is 19.3 Å². The van der Waals surface area contributed by atoms with E-state index in [2.05, 4.69) is 0 Å². The first-order chi connectivity index (χ1) is 11.6. The molecule has 2 aromatic rings. The zero-order valence-corrected chi connectivity index (χ0v) is 13.2. The Balaban J connectivity index is 1.92. The highest BCUT2D eigenvalue weighted by atomic mass is 16.6. The molecule has 0 unspecified atom stereocenters. The summed E-state index contributed by atoms with van der Waals surface area (Å²) in [4.78, 5) is 25.4. The lowest BCUT2D eigenvalue weighted by atomic mass is 10.0. The molecule has 1 amide bonds. The van der Waals surface area contributed by atoms with E-state index in [9.17, 15) is 9.59 Å². The van der Waals surface area contributed by atoms with Gasteiger partial charge in [-0.25, -0.2) is 4.79 Å². The van der Waals surface area contributed by atoms with E-state index in [1.54, 1.807) is 25.3 Å². The number of amides is 1. The van der Waals surface area contributed by atoms with Gasteiger partial charge in [-0.2, -0.15) is 0 Å². The van der Waals surface area contributed by atoms with Gasteiger partial charge >= 0.3 is 6.09 Å². The molecule has 6 nitrogen and oxygen atoms in total. The van der Waals surface area contributed by atoms with Crippen LogP contribution in [0, 0.1) is 0 Å². The van der Waals surface area contributed by atoms with E-state index in [1.807, 2.05) is 24.3 Å². The van der Waals surface area contributed by atoms with Gasteiger partial charge in [-0.1, -0.05) is 24.3 Å². The average molecular weight is 327 g/mol. The van der Waals surface area contributed by atoms with Gasteiger partial charge in [0.1, 0.15) is 19.0 Å². The molecule has 0 atom stereocenters. The number of hydrogen-bond acceptors (Lipinski definition) is 5. The normalized spacial score (nSPS) is 13.2. The Morgan fingerprint density at radius 3 is 2.67 bits per heavy atom. The second-order valence-corrected chi connectivity index (χ2v) is 5.41. The number of benzene rings is 2. The Morgan fingerprint density at radius 2 is 2.00 bits per heavy atom. The van der Waals surface area contributed by atoms with Gasteiger partial charge in [-0.15, -0.1) is 0 Å². The van der Waals surface area contributed by atoms with Crippen LogP contribution in [0.3, 0.4) is 0 Å². The number of methoxy groups -OCH3 is 1. The van der Waals surface area contributed by atoms with Gasteiger partial charge in [0.25, 0.3) is 0 Å². The van der Waals surface area contributed by atoms with Gasteiger partial charge in [-0.3, -0.25) is 9.69 Å². The molecular weight excluding hydrogens is 310 g/mol. The highest BCUT2D eigenvalue weighted by Gasteiger charge is 2.26. The summed E-state index contributed by atoms with van der Waals surface area (Å²) in [6, 6.07) is 12.4. The maximum absolute atomic E-state index is 12.2. The topological polar surface area (TPSA) is 76.1 Å². The molecule has 24 heavy (non-hydrogen) atoms. The van der Waals surface area contributed by atoms with Crippen molar-refractivity contribution < 1.29 is 24.2 Å². The molecule has 0 spiro atoms. The van der Waals surface area contributed by atoms with E-state index in [0.29, 0.717) is 17.8 Å². The van der Waals surface area contributed by atoms with Crippen molar-refractivity contribution in [1.82, 2.24) is 0 Å². The van der Waals surface area contributed by atoms with Crippen LogP contribution >= 0.6 is 0 Å². The number of cyclic esters (lactones) is 1. The highest BCUT2D eigenvalue weighted by molar-refractivity contribution is 5.99. The fraction of sp³-hybridized carbons (Fsp3) is 0.222. The Labute approximate surface area is 139 Å². The molecule has 0 saturated heterocycles. The number of carbonyl (C=O) groups excluding carboxylic acids is 2. The molecule has 1 heterocycles. The number of hydrogen-bond donors (Lipinski definition) is 1. The Morgan fingerprint density at radius 1 is 1.25 bits per heavy atom. The monoisotopic (exact) mass is 327 g/mol. The minimum Gasteiger partial charge on any atom is -0.497 e. The molecule has 2 aromatic carbocycles. The van der Waals surface area contributed by atoms with Crippen LogP contribution in [-0.2, 0) is 17.9 Å². The lowest BCUT2D eigenvalue weighted by Gasteiger charge is -2.29. The number of aliphatic hydroxyl groups is 1. The molecule has 0 fully saturated rings. The summed E-state index contributed by atoms with van der Waals surface area (Å²) in [5, 5.41) is 9.03. The molecule has 1 aliphatic heterocycles. The molecule has 1 aliphatic rings. The molecule has 0 saturated carbocycles. The van der Waals surface area contributed by atoms with Crippen molar-refractivity contribution in [2.75, 3.05) is 18.6 Å². The predicted octanol–water partition coefficient (Wildman–Crippen LogP) is 2.53. The number of rotatable bonds is 5. The zero-order valence-electron chi connectivity index (χ0n) is 13.2. The smallest absolute Gasteiger partial charge is 0.414 e. The van der Waals surface area contributed by atoms with E-state index in [1.165, 1.54) is 4.90 Å². The molecule has 124 valence electrons. The van der Waals surface area contributed by atoms with Crippen molar-refractivity contribution >= 4 is 17.6 Å². The first kappa shape index (κ1) is 16.0. The van der Waals surface area contributed by atoms with Crippen LogP contribution in [0.4, 0.5) is 10.5 Å². The van der Waals surface area contributed by atoms with E-state index in [0.717, 1.165) is 16.9 Å². The van der Waals surface area contributed by atoms with Gasteiger partial charge in [-0.05, 0) is 23.8 Å². The SMILES string of the molecule is COc1ccc(CN2C(=O)OCc3ccc(C(=O)CO)cc32)cc1. The third kappa shape index (κ3) is 3.09. The number of carbonyl (C=O) groups is 2.